The molecular weight excluding hydrogens is 282 g/mol. The van der Waals surface area contributed by atoms with E-state index >= 15 is 0 Å². The summed E-state index contributed by atoms with van der Waals surface area (Å²) >= 11 is 7.75. The van der Waals surface area contributed by atoms with Crippen LogP contribution in [-0.2, 0) is 0 Å². The maximum atomic E-state index is 11.2. The van der Waals surface area contributed by atoms with Crippen LogP contribution >= 0.6 is 23.4 Å². The first-order chi connectivity index (χ1) is 8.98. The van der Waals surface area contributed by atoms with E-state index in [4.69, 9.17) is 16.7 Å². The van der Waals surface area contributed by atoms with E-state index in [1.165, 1.54) is 6.07 Å². The standard InChI is InChI=1S/C14H20ClNO2S/c1-4-14(5-2,19-3)9-16-12-8-10(15)6-7-11(12)13(17)18/h6-8,16H,4-5,9H2,1-3H3,(H,17,18). The Labute approximate surface area is 123 Å². The van der Waals surface area contributed by atoms with Crippen LogP contribution in [0.5, 0.6) is 0 Å². The zero-order chi connectivity index (χ0) is 14.5. The molecule has 0 saturated heterocycles. The molecule has 0 spiro atoms. The van der Waals surface area contributed by atoms with Gasteiger partial charge >= 0.3 is 5.97 Å². The average Bonchev–Trinajstić information content (AvgIpc) is 2.40. The normalized spacial score (nSPS) is 11.4. The highest BCUT2D eigenvalue weighted by Crippen LogP contribution is 2.31. The molecule has 19 heavy (non-hydrogen) atoms. The molecule has 1 aromatic carbocycles. The lowest BCUT2D eigenvalue weighted by Crippen LogP contribution is -2.32. The molecule has 1 aromatic rings. The molecule has 0 saturated carbocycles. The van der Waals surface area contributed by atoms with Gasteiger partial charge in [0.15, 0.2) is 0 Å². The number of halogens is 1. The lowest BCUT2D eigenvalue weighted by atomic mass is 10.0. The number of nitrogens with one attached hydrogen (secondary N) is 1. The van der Waals surface area contributed by atoms with Crippen LogP contribution in [0.15, 0.2) is 18.2 Å². The van der Waals surface area contributed by atoms with Crippen molar-refractivity contribution in [1.29, 1.82) is 0 Å². The van der Waals surface area contributed by atoms with Gasteiger partial charge in [-0.2, -0.15) is 11.8 Å². The van der Waals surface area contributed by atoms with Gasteiger partial charge in [0, 0.05) is 16.3 Å². The van der Waals surface area contributed by atoms with E-state index < -0.39 is 5.97 Å². The smallest absolute Gasteiger partial charge is 0.337 e. The van der Waals surface area contributed by atoms with Crippen molar-refractivity contribution in [3.05, 3.63) is 28.8 Å². The Bertz CT molecular complexity index is 439. The molecule has 0 aliphatic carbocycles. The van der Waals surface area contributed by atoms with Crippen LogP contribution in [0.3, 0.4) is 0 Å². The van der Waals surface area contributed by atoms with Gasteiger partial charge in [0.25, 0.3) is 0 Å². The lowest BCUT2D eigenvalue weighted by molar-refractivity contribution is 0.0698. The molecule has 106 valence electrons. The first-order valence-corrected chi connectivity index (χ1v) is 7.90. The summed E-state index contributed by atoms with van der Waals surface area (Å²) < 4.78 is 0.123. The lowest BCUT2D eigenvalue weighted by Gasteiger charge is -2.30. The number of carboxylic acids is 1. The number of thioether (sulfide) groups is 1. The van der Waals surface area contributed by atoms with Gasteiger partial charge in [0.2, 0.25) is 0 Å². The third-order valence-electron chi connectivity index (χ3n) is 3.53. The van der Waals surface area contributed by atoms with Gasteiger partial charge < -0.3 is 10.4 Å². The Balaban J connectivity index is 2.93. The minimum Gasteiger partial charge on any atom is -0.478 e. The molecule has 0 radical (unpaired) electrons. The minimum atomic E-state index is -0.943. The first kappa shape index (κ1) is 16.2. The molecule has 0 atom stereocenters. The van der Waals surface area contributed by atoms with E-state index in [-0.39, 0.29) is 10.3 Å². The summed E-state index contributed by atoms with van der Waals surface area (Å²) in [6.45, 7) is 5.03. The van der Waals surface area contributed by atoms with Crippen LogP contribution in [0.25, 0.3) is 0 Å². The SMILES string of the molecule is CCC(CC)(CNc1cc(Cl)ccc1C(=O)O)SC. The van der Waals surface area contributed by atoms with Gasteiger partial charge in [-0.1, -0.05) is 25.4 Å². The van der Waals surface area contributed by atoms with Crippen molar-refractivity contribution in [3.63, 3.8) is 0 Å². The molecule has 0 unspecified atom stereocenters. The van der Waals surface area contributed by atoms with Crippen LogP contribution in [0.4, 0.5) is 5.69 Å². The molecular formula is C14H20ClNO2S. The van der Waals surface area contributed by atoms with Crippen molar-refractivity contribution in [3.8, 4) is 0 Å². The second-order valence-electron chi connectivity index (χ2n) is 4.44. The molecule has 0 aliphatic heterocycles. The Morgan fingerprint density at radius 2 is 2.05 bits per heavy atom. The van der Waals surface area contributed by atoms with E-state index in [0.717, 1.165) is 19.4 Å². The van der Waals surface area contributed by atoms with Gasteiger partial charge in [-0.3, -0.25) is 0 Å². The molecule has 2 N–H and O–H groups in total. The van der Waals surface area contributed by atoms with Crippen LogP contribution in [-0.4, -0.2) is 28.6 Å². The zero-order valence-corrected chi connectivity index (χ0v) is 13.1. The van der Waals surface area contributed by atoms with Crippen molar-refractivity contribution in [2.45, 2.75) is 31.4 Å². The molecule has 0 aliphatic rings. The number of aromatic carboxylic acids is 1. The first-order valence-electron chi connectivity index (χ1n) is 6.30. The van der Waals surface area contributed by atoms with E-state index in [2.05, 4.69) is 25.4 Å². The van der Waals surface area contributed by atoms with Gasteiger partial charge in [0.1, 0.15) is 0 Å². The van der Waals surface area contributed by atoms with Crippen molar-refractivity contribution in [1.82, 2.24) is 0 Å². The van der Waals surface area contributed by atoms with E-state index in [9.17, 15) is 4.79 Å². The summed E-state index contributed by atoms with van der Waals surface area (Å²) in [6.07, 6.45) is 4.14. The zero-order valence-electron chi connectivity index (χ0n) is 11.5. The van der Waals surface area contributed by atoms with E-state index in [0.29, 0.717) is 10.7 Å². The summed E-state index contributed by atoms with van der Waals surface area (Å²) in [5.41, 5.74) is 0.840. The molecule has 0 fully saturated rings. The summed E-state index contributed by atoms with van der Waals surface area (Å²) in [6, 6.07) is 4.80. The fourth-order valence-corrected chi connectivity index (χ4v) is 2.93. The fourth-order valence-electron chi connectivity index (χ4n) is 1.97. The van der Waals surface area contributed by atoms with Gasteiger partial charge in [0.05, 0.1) is 11.3 Å². The number of hydrogen-bond donors (Lipinski definition) is 2. The quantitative estimate of drug-likeness (QED) is 0.785. The molecule has 1 rings (SSSR count). The second kappa shape index (κ2) is 7.06. The summed E-state index contributed by atoms with van der Waals surface area (Å²) in [5.74, 6) is -0.943. The highest BCUT2D eigenvalue weighted by molar-refractivity contribution is 8.00. The number of carbonyl (C=O) groups is 1. The Hall–Kier alpha value is -0.870. The molecule has 3 nitrogen and oxygen atoms in total. The van der Waals surface area contributed by atoms with Crippen molar-refractivity contribution in [2.24, 2.45) is 0 Å². The van der Waals surface area contributed by atoms with Gasteiger partial charge in [-0.05, 0) is 37.3 Å². The van der Waals surface area contributed by atoms with Gasteiger partial charge in [-0.15, -0.1) is 0 Å². The van der Waals surface area contributed by atoms with Crippen LogP contribution in [0.2, 0.25) is 5.02 Å². The number of carboxylic acid groups (broad SMARTS) is 1. The predicted octanol–water partition coefficient (Wildman–Crippen LogP) is 4.37. The third-order valence-corrected chi connectivity index (χ3v) is 5.36. The molecule has 0 aromatic heterocycles. The monoisotopic (exact) mass is 301 g/mol. The fraction of sp³-hybridized carbons (Fsp3) is 0.500. The van der Waals surface area contributed by atoms with E-state index in [1.807, 2.05) is 11.8 Å². The largest absolute Gasteiger partial charge is 0.478 e. The number of hydrogen-bond acceptors (Lipinski definition) is 3. The van der Waals surface area contributed by atoms with Crippen molar-refractivity contribution < 1.29 is 9.90 Å². The second-order valence-corrected chi connectivity index (χ2v) is 6.15. The minimum absolute atomic E-state index is 0.123. The van der Waals surface area contributed by atoms with Crippen molar-refractivity contribution >= 4 is 35.0 Å². The Morgan fingerprint density at radius 1 is 1.42 bits per heavy atom. The molecule has 0 amide bonds. The predicted molar refractivity (Wildman–Crippen MR) is 83.7 cm³/mol. The molecule has 0 bridgehead atoms. The summed E-state index contributed by atoms with van der Waals surface area (Å²) in [5, 5.41) is 12.9. The maximum Gasteiger partial charge on any atom is 0.337 e. The Kier molecular flexibility index (Phi) is 6.01. The summed E-state index contributed by atoms with van der Waals surface area (Å²) in [4.78, 5) is 11.2. The number of rotatable bonds is 7. The van der Waals surface area contributed by atoms with Crippen LogP contribution in [0, 0.1) is 0 Å². The average molecular weight is 302 g/mol. The highest BCUT2D eigenvalue weighted by atomic mass is 35.5. The maximum absolute atomic E-state index is 11.2. The molecule has 0 heterocycles. The van der Waals surface area contributed by atoms with Crippen molar-refractivity contribution in [2.75, 3.05) is 18.1 Å². The summed E-state index contributed by atoms with van der Waals surface area (Å²) in [7, 11) is 0. The van der Waals surface area contributed by atoms with Gasteiger partial charge in [-0.25, -0.2) is 4.79 Å². The topological polar surface area (TPSA) is 49.3 Å². The van der Waals surface area contributed by atoms with Crippen LogP contribution < -0.4 is 5.32 Å². The number of benzene rings is 1. The van der Waals surface area contributed by atoms with Crippen LogP contribution in [0.1, 0.15) is 37.0 Å². The Morgan fingerprint density at radius 3 is 2.53 bits per heavy atom. The van der Waals surface area contributed by atoms with E-state index in [1.54, 1.807) is 12.1 Å². The molecule has 5 heteroatoms. The third kappa shape index (κ3) is 4.05. The highest BCUT2D eigenvalue weighted by Gasteiger charge is 2.25. The number of anilines is 1.